The van der Waals surface area contributed by atoms with Gasteiger partial charge in [0.05, 0.1) is 0 Å². The summed E-state index contributed by atoms with van der Waals surface area (Å²) in [6, 6.07) is 1.50. The molecule has 2 atom stereocenters. The van der Waals surface area contributed by atoms with Gasteiger partial charge in [-0.2, -0.15) is 0 Å². The molecule has 1 aliphatic heterocycles. The molecule has 0 amide bonds. The van der Waals surface area contributed by atoms with Crippen molar-refractivity contribution in [3.8, 4) is 0 Å². The first kappa shape index (κ1) is 13.0. The van der Waals surface area contributed by atoms with Crippen LogP contribution in [0, 0.1) is 0 Å². The minimum absolute atomic E-state index is 0.722. The molecule has 15 heavy (non-hydrogen) atoms. The zero-order chi connectivity index (χ0) is 11.1. The molecule has 1 rings (SSSR count). The number of hydrogen-bond acceptors (Lipinski definition) is 2. The van der Waals surface area contributed by atoms with Gasteiger partial charge >= 0.3 is 0 Å². The molecule has 90 valence electrons. The first-order chi connectivity index (χ1) is 7.25. The molecule has 0 aliphatic carbocycles. The van der Waals surface area contributed by atoms with E-state index in [9.17, 15) is 0 Å². The summed E-state index contributed by atoms with van der Waals surface area (Å²) in [5.74, 6) is 0. The summed E-state index contributed by atoms with van der Waals surface area (Å²) in [5.41, 5.74) is 0. The highest BCUT2D eigenvalue weighted by molar-refractivity contribution is 4.80. The molecule has 0 spiro atoms. The summed E-state index contributed by atoms with van der Waals surface area (Å²) < 4.78 is 0. The van der Waals surface area contributed by atoms with E-state index in [0.717, 1.165) is 12.1 Å². The molecule has 0 unspecified atom stereocenters. The molecule has 0 radical (unpaired) electrons. The van der Waals surface area contributed by atoms with Gasteiger partial charge in [-0.25, -0.2) is 0 Å². The van der Waals surface area contributed by atoms with Crippen LogP contribution in [0.2, 0.25) is 0 Å². The van der Waals surface area contributed by atoms with Crippen LogP contribution in [0.25, 0.3) is 0 Å². The van der Waals surface area contributed by atoms with Crippen molar-refractivity contribution in [1.82, 2.24) is 10.2 Å². The Morgan fingerprint density at radius 2 is 2.13 bits per heavy atom. The monoisotopic (exact) mass is 212 g/mol. The van der Waals surface area contributed by atoms with Crippen LogP contribution in [-0.4, -0.2) is 36.6 Å². The Morgan fingerprint density at radius 3 is 2.80 bits per heavy atom. The highest BCUT2D eigenvalue weighted by Crippen LogP contribution is 2.14. The van der Waals surface area contributed by atoms with Crippen LogP contribution in [0.15, 0.2) is 0 Å². The molecular weight excluding hydrogens is 184 g/mol. The second kappa shape index (κ2) is 7.24. The van der Waals surface area contributed by atoms with E-state index in [1.54, 1.807) is 0 Å². The van der Waals surface area contributed by atoms with Gasteiger partial charge in [-0.3, -0.25) is 4.90 Å². The first-order valence-corrected chi connectivity index (χ1v) is 6.72. The third-order valence-corrected chi connectivity index (χ3v) is 3.59. The number of piperazine rings is 1. The summed E-state index contributed by atoms with van der Waals surface area (Å²) in [5, 5.41) is 3.45. The lowest BCUT2D eigenvalue weighted by atomic mass is 10.0. The van der Waals surface area contributed by atoms with E-state index in [4.69, 9.17) is 0 Å². The maximum atomic E-state index is 3.45. The molecular formula is C13H28N2. The van der Waals surface area contributed by atoms with Crippen molar-refractivity contribution in [3.05, 3.63) is 0 Å². The minimum atomic E-state index is 0.722. The number of unbranched alkanes of at least 4 members (excludes halogenated alkanes) is 3. The Hall–Kier alpha value is -0.0800. The Morgan fingerprint density at radius 1 is 1.33 bits per heavy atom. The highest BCUT2D eigenvalue weighted by atomic mass is 15.2. The van der Waals surface area contributed by atoms with Crippen LogP contribution >= 0.6 is 0 Å². The third kappa shape index (κ3) is 4.52. The lowest BCUT2D eigenvalue weighted by molar-refractivity contribution is 0.118. The molecule has 1 aliphatic rings. The van der Waals surface area contributed by atoms with E-state index >= 15 is 0 Å². The highest BCUT2D eigenvalue weighted by Gasteiger charge is 2.22. The van der Waals surface area contributed by atoms with E-state index < -0.39 is 0 Å². The number of nitrogens with zero attached hydrogens (tertiary/aromatic N) is 1. The zero-order valence-electron chi connectivity index (χ0n) is 10.8. The Labute approximate surface area is 95.4 Å². The van der Waals surface area contributed by atoms with Crippen LogP contribution in [-0.2, 0) is 0 Å². The molecule has 1 heterocycles. The Balaban J connectivity index is 2.16. The van der Waals surface area contributed by atoms with Gasteiger partial charge in [0.1, 0.15) is 0 Å². The average Bonchev–Trinajstić information content (AvgIpc) is 2.25. The van der Waals surface area contributed by atoms with Gasteiger partial charge < -0.3 is 5.32 Å². The van der Waals surface area contributed by atoms with Gasteiger partial charge in [0, 0.05) is 31.7 Å². The van der Waals surface area contributed by atoms with Crippen molar-refractivity contribution in [2.45, 2.75) is 65.0 Å². The third-order valence-electron chi connectivity index (χ3n) is 3.59. The molecule has 0 aromatic heterocycles. The molecule has 0 aromatic carbocycles. The number of rotatable bonds is 6. The average molecular weight is 212 g/mol. The molecule has 1 fully saturated rings. The Bertz CT molecular complexity index is 159. The topological polar surface area (TPSA) is 15.3 Å². The number of hydrogen-bond donors (Lipinski definition) is 1. The summed E-state index contributed by atoms with van der Waals surface area (Å²) in [7, 11) is 0. The van der Waals surface area contributed by atoms with Crippen molar-refractivity contribution in [2.75, 3.05) is 19.6 Å². The molecule has 1 N–H and O–H groups in total. The van der Waals surface area contributed by atoms with Crippen LogP contribution in [0.3, 0.4) is 0 Å². The van der Waals surface area contributed by atoms with Crippen molar-refractivity contribution in [2.24, 2.45) is 0 Å². The predicted molar refractivity (Wildman–Crippen MR) is 67.3 cm³/mol. The van der Waals surface area contributed by atoms with Crippen LogP contribution in [0.1, 0.15) is 52.9 Å². The fourth-order valence-electron chi connectivity index (χ4n) is 2.54. The van der Waals surface area contributed by atoms with Gasteiger partial charge in [-0.15, -0.1) is 0 Å². The summed E-state index contributed by atoms with van der Waals surface area (Å²) in [6.45, 7) is 10.6. The lowest BCUT2D eigenvalue weighted by Gasteiger charge is -2.38. The quantitative estimate of drug-likeness (QED) is 0.681. The summed E-state index contributed by atoms with van der Waals surface area (Å²) in [6.07, 6.45) is 6.96. The first-order valence-electron chi connectivity index (χ1n) is 6.72. The molecule has 0 bridgehead atoms. The fraction of sp³-hybridized carbons (Fsp3) is 1.00. The maximum absolute atomic E-state index is 3.45. The number of nitrogens with one attached hydrogen (secondary N) is 1. The van der Waals surface area contributed by atoms with E-state index in [1.165, 1.54) is 51.7 Å². The van der Waals surface area contributed by atoms with Crippen molar-refractivity contribution in [1.29, 1.82) is 0 Å². The predicted octanol–water partition coefficient (Wildman–Crippen LogP) is 2.64. The summed E-state index contributed by atoms with van der Waals surface area (Å²) >= 11 is 0. The van der Waals surface area contributed by atoms with Gasteiger partial charge in [-0.1, -0.05) is 32.6 Å². The van der Waals surface area contributed by atoms with Crippen molar-refractivity contribution < 1.29 is 0 Å². The maximum Gasteiger partial charge on any atom is 0.0195 e. The minimum Gasteiger partial charge on any atom is -0.314 e. The van der Waals surface area contributed by atoms with Crippen LogP contribution in [0.5, 0.6) is 0 Å². The SMILES string of the molecule is CCCCCC[C@H](C)N1CCNC[C@H]1C. The van der Waals surface area contributed by atoms with Crippen molar-refractivity contribution >= 4 is 0 Å². The normalized spacial score (nSPS) is 25.4. The lowest BCUT2D eigenvalue weighted by Crippen LogP contribution is -2.53. The van der Waals surface area contributed by atoms with E-state index in [2.05, 4.69) is 31.0 Å². The van der Waals surface area contributed by atoms with Crippen molar-refractivity contribution in [3.63, 3.8) is 0 Å². The van der Waals surface area contributed by atoms with E-state index in [1.807, 2.05) is 0 Å². The molecule has 2 nitrogen and oxygen atoms in total. The second-order valence-corrected chi connectivity index (χ2v) is 4.99. The molecule has 2 heteroatoms. The van der Waals surface area contributed by atoms with Gasteiger partial charge in [0.25, 0.3) is 0 Å². The van der Waals surface area contributed by atoms with Gasteiger partial charge in [0.15, 0.2) is 0 Å². The summed E-state index contributed by atoms with van der Waals surface area (Å²) in [4.78, 5) is 2.67. The van der Waals surface area contributed by atoms with E-state index in [0.29, 0.717) is 0 Å². The fourth-order valence-corrected chi connectivity index (χ4v) is 2.54. The van der Waals surface area contributed by atoms with Crippen LogP contribution in [0.4, 0.5) is 0 Å². The van der Waals surface area contributed by atoms with Gasteiger partial charge in [0.2, 0.25) is 0 Å². The molecule has 0 aromatic rings. The molecule has 1 saturated heterocycles. The molecule has 0 saturated carbocycles. The van der Waals surface area contributed by atoms with Gasteiger partial charge in [-0.05, 0) is 20.3 Å². The Kier molecular flexibility index (Phi) is 6.26. The zero-order valence-corrected chi connectivity index (χ0v) is 10.8. The smallest absolute Gasteiger partial charge is 0.0195 e. The van der Waals surface area contributed by atoms with Crippen LogP contribution < -0.4 is 5.32 Å². The van der Waals surface area contributed by atoms with E-state index in [-0.39, 0.29) is 0 Å². The largest absolute Gasteiger partial charge is 0.314 e. The standard InChI is InChI=1S/C13H28N2/c1-4-5-6-7-8-12(2)15-10-9-14-11-13(15)3/h12-14H,4-11H2,1-3H3/t12-,13+/m0/s1. The second-order valence-electron chi connectivity index (χ2n) is 4.99.